The normalized spacial score (nSPS) is 12.4. The van der Waals surface area contributed by atoms with Gasteiger partial charge in [0.05, 0.1) is 5.25 Å². The molecule has 1 atom stereocenters. The molecule has 1 aromatic carbocycles. The molecule has 0 aromatic heterocycles. The van der Waals surface area contributed by atoms with E-state index < -0.39 is 0 Å². The highest BCUT2D eigenvalue weighted by atomic mass is 32.2. The van der Waals surface area contributed by atoms with Crippen LogP contribution in [-0.4, -0.2) is 28.5 Å². The first-order chi connectivity index (χ1) is 7.25. The number of rotatable bonds is 6. The van der Waals surface area contributed by atoms with E-state index in [-0.39, 0.29) is 17.6 Å². The van der Waals surface area contributed by atoms with Crippen LogP contribution in [0.2, 0.25) is 0 Å². The van der Waals surface area contributed by atoms with Crippen LogP contribution in [-0.2, 0) is 0 Å². The van der Waals surface area contributed by atoms with Gasteiger partial charge in [0.2, 0.25) is 0 Å². The molecule has 0 bridgehead atoms. The molecule has 0 saturated carbocycles. The van der Waals surface area contributed by atoms with Gasteiger partial charge in [-0.25, -0.2) is 0 Å². The lowest BCUT2D eigenvalue weighted by molar-refractivity contribution is 0.0994. The van der Waals surface area contributed by atoms with Gasteiger partial charge in [-0.2, -0.15) is 11.8 Å². The van der Waals surface area contributed by atoms with Gasteiger partial charge in [-0.05, 0) is 19.1 Å². The molecule has 0 fully saturated rings. The largest absolute Gasteiger partial charge is 0.396 e. The van der Waals surface area contributed by atoms with Crippen molar-refractivity contribution in [1.82, 2.24) is 0 Å². The Hall–Kier alpha value is -0.800. The van der Waals surface area contributed by atoms with Crippen LogP contribution in [0, 0.1) is 0 Å². The molecule has 0 spiro atoms. The number of aliphatic hydroxyl groups excluding tert-OH is 1. The summed E-state index contributed by atoms with van der Waals surface area (Å²) in [5, 5.41) is 8.61. The smallest absolute Gasteiger partial charge is 0.175 e. The van der Waals surface area contributed by atoms with Gasteiger partial charge in [0.1, 0.15) is 0 Å². The van der Waals surface area contributed by atoms with E-state index in [9.17, 15) is 4.79 Å². The zero-order valence-electron chi connectivity index (χ0n) is 8.85. The number of hydrogen-bond donors (Lipinski definition) is 1. The average molecular weight is 224 g/mol. The summed E-state index contributed by atoms with van der Waals surface area (Å²) >= 11 is 1.59. The van der Waals surface area contributed by atoms with Crippen LogP contribution in [0.4, 0.5) is 0 Å². The van der Waals surface area contributed by atoms with Crippen molar-refractivity contribution < 1.29 is 9.90 Å². The monoisotopic (exact) mass is 224 g/mol. The summed E-state index contributed by atoms with van der Waals surface area (Å²) in [4.78, 5) is 11.9. The molecule has 0 amide bonds. The molecule has 1 N–H and O–H groups in total. The number of hydrogen-bond acceptors (Lipinski definition) is 3. The molecular weight excluding hydrogens is 208 g/mol. The second-order valence-corrected chi connectivity index (χ2v) is 4.77. The number of thioether (sulfide) groups is 1. The Morgan fingerprint density at radius 3 is 2.67 bits per heavy atom. The number of Topliss-reactive ketones (excluding diaryl/α,β-unsaturated/α-hetero) is 1. The minimum atomic E-state index is -0.0288. The van der Waals surface area contributed by atoms with Crippen molar-refractivity contribution in [3.8, 4) is 0 Å². The predicted molar refractivity (Wildman–Crippen MR) is 64.4 cm³/mol. The van der Waals surface area contributed by atoms with E-state index in [1.54, 1.807) is 11.8 Å². The highest BCUT2D eigenvalue weighted by molar-refractivity contribution is 8.00. The second-order valence-electron chi connectivity index (χ2n) is 3.32. The van der Waals surface area contributed by atoms with Crippen molar-refractivity contribution in [1.29, 1.82) is 0 Å². The van der Waals surface area contributed by atoms with Crippen LogP contribution < -0.4 is 0 Å². The Bertz CT molecular complexity index is 298. The van der Waals surface area contributed by atoms with Gasteiger partial charge in [-0.1, -0.05) is 30.3 Å². The third-order valence-corrected chi connectivity index (χ3v) is 3.34. The summed E-state index contributed by atoms with van der Waals surface area (Å²) in [6.45, 7) is 2.11. The lowest BCUT2D eigenvalue weighted by Crippen LogP contribution is -2.14. The maximum absolute atomic E-state index is 11.9. The van der Waals surface area contributed by atoms with Crippen LogP contribution in [0.5, 0.6) is 0 Å². The molecule has 0 aliphatic carbocycles. The second kappa shape index (κ2) is 6.64. The molecule has 1 rings (SSSR count). The molecule has 15 heavy (non-hydrogen) atoms. The molecule has 3 heteroatoms. The molecular formula is C12H16O2S. The summed E-state index contributed by atoms with van der Waals surface area (Å²) in [5.74, 6) is 0.995. The molecule has 2 nitrogen and oxygen atoms in total. The molecule has 0 saturated heterocycles. The summed E-state index contributed by atoms with van der Waals surface area (Å²) in [5.41, 5.74) is 0.765. The first kappa shape index (κ1) is 12.3. The molecule has 0 aliphatic heterocycles. The van der Waals surface area contributed by atoms with E-state index in [2.05, 4.69) is 0 Å². The van der Waals surface area contributed by atoms with E-state index in [1.807, 2.05) is 37.3 Å². The quantitative estimate of drug-likeness (QED) is 0.595. The minimum Gasteiger partial charge on any atom is -0.396 e. The van der Waals surface area contributed by atoms with Gasteiger partial charge in [0, 0.05) is 12.2 Å². The van der Waals surface area contributed by atoms with E-state index >= 15 is 0 Å². The molecule has 1 aromatic rings. The topological polar surface area (TPSA) is 37.3 Å². The van der Waals surface area contributed by atoms with Crippen LogP contribution in [0.3, 0.4) is 0 Å². The van der Waals surface area contributed by atoms with Crippen LogP contribution in [0.15, 0.2) is 30.3 Å². The van der Waals surface area contributed by atoms with E-state index in [0.29, 0.717) is 0 Å². The molecule has 0 radical (unpaired) electrons. The summed E-state index contributed by atoms with van der Waals surface area (Å²) in [6, 6.07) is 9.33. The summed E-state index contributed by atoms with van der Waals surface area (Å²) in [6.07, 6.45) is 0.747. The fourth-order valence-electron chi connectivity index (χ4n) is 1.24. The minimum absolute atomic E-state index is 0.0288. The first-order valence-electron chi connectivity index (χ1n) is 5.07. The van der Waals surface area contributed by atoms with Crippen LogP contribution >= 0.6 is 11.8 Å². The highest BCUT2D eigenvalue weighted by Gasteiger charge is 2.14. The number of ketones is 1. The molecule has 0 aliphatic rings. The maximum Gasteiger partial charge on any atom is 0.175 e. The molecule has 1 unspecified atom stereocenters. The molecule has 82 valence electrons. The van der Waals surface area contributed by atoms with E-state index in [0.717, 1.165) is 17.7 Å². The highest BCUT2D eigenvalue weighted by Crippen LogP contribution is 2.16. The maximum atomic E-state index is 11.9. The van der Waals surface area contributed by atoms with Crippen LogP contribution in [0.1, 0.15) is 23.7 Å². The van der Waals surface area contributed by atoms with Crippen LogP contribution in [0.25, 0.3) is 0 Å². The van der Waals surface area contributed by atoms with Crippen molar-refractivity contribution in [3.63, 3.8) is 0 Å². The molecule has 0 heterocycles. The first-order valence-corrected chi connectivity index (χ1v) is 6.12. The summed E-state index contributed by atoms with van der Waals surface area (Å²) in [7, 11) is 0. The van der Waals surface area contributed by atoms with Gasteiger partial charge in [-0.3, -0.25) is 4.79 Å². The van der Waals surface area contributed by atoms with Gasteiger partial charge in [0.15, 0.2) is 5.78 Å². The lowest BCUT2D eigenvalue weighted by Gasteiger charge is -2.09. The number of benzene rings is 1. The third kappa shape index (κ3) is 4.06. The van der Waals surface area contributed by atoms with Crippen molar-refractivity contribution in [2.75, 3.05) is 12.4 Å². The summed E-state index contributed by atoms with van der Waals surface area (Å²) < 4.78 is 0. The van der Waals surface area contributed by atoms with Gasteiger partial charge in [-0.15, -0.1) is 0 Å². The number of carbonyl (C=O) groups is 1. The van der Waals surface area contributed by atoms with Gasteiger partial charge >= 0.3 is 0 Å². The Balaban J connectivity index is 2.46. The Kier molecular flexibility index (Phi) is 5.43. The average Bonchev–Trinajstić information content (AvgIpc) is 2.29. The van der Waals surface area contributed by atoms with Crippen molar-refractivity contribution >= 4 is 17.5 Å². The standard InChI is InChI=1S/C12H16O2S/c1-10(15-9-5-8-13)12(14)11-6-3-2-4-7-11/h2-4,6-7,10,13H,5,8-9H2,1H3. The zero-order chi connectivity index (χ0) is 11.1. The third-order valence-electron chi connectivity index (χ3n) is 2.10. The van der Waals surface area contributed by atoms with E-state index in [4.69, 9.17) is 5.11 Å². The SMILES string of the molecule is CC(SCCCO)C(=O)c1ccccc1. The van der Waals surface area contributed by atoms with Crippen molar-refractivity contribution in [3.05, 3.63) is 35.9 Å². The zero-order valence-corrected chi connectivity index (χ0v) is 9.67. The Labute approximate surface area is 94.7 Å². The lowest BCUT2D eigenvalue weighted by atomic mass is 10.1. The van der Waals surface area contributed by atoms with Crippen molar-refractivity contribution in [2.24, 2.45) is 0 Å². The van der Waals surface area contributed by atoms with Crippen molar-refractivity contribution in [2.45, 2.75) is 18.6 Å². The van der Waals surface area contributed by atoms with Gasteiger partial charge < -0.3 is 5.11 Å². The van der Waals surface area contributed by atoms with Gasteiger partial charge in [0.25, 0.3) is 0 Å². The Morgan fingerprint density at radius 2 is 2.07 bits per heavy atom. The fraction of sp³-hybridized carbons (Fsp3) is 0.417. The fourth-order valence-corrected chi connectivity index (χ4v) is 2.17. The number of aliphatic hydroxyl groups is 1. The Morgan fingerprint density at radius 1 is 1.40 bits per heavy atom. The predicted octanol–water partition coefficient (Wildman–Crippen LogP) is 2.37. The van der Waals surface area contributed by atoms with E-state index in [1.165, 1.54) is 0 Å². The number of carbonyl (C=O) groups excluding carboxylic acids is 1.